The van der Waals surface area contributed by atoms with E-state index in [4.69, 9.17) is 10.3 Å². The lowest BCUT2D eigenvalue weighted by molar-refractivity contribution is 0.385. The van der Waals surface area contributed by atoms with Crippen LogP contribution in [-0.2, 0) is 6.54 Å². The molecule has 7 heteroatoms. The topological polar surface area (TPSA) is 95.7 Å². The molecule has 0 amide bonds. The zero-order valence-electron chi connectivity index (χ0n) is 10.00. The lowest BCUT2D eigenvalue weighted by atomic mass is 10.1. The summed E-state index contributed by atoms with van der Waals surface area (Å²) in [4.78, 5) is 4.10. The number of nitrogens with zero attached hydrogens (tertiary/aromatic N) is 5. The second kappa shape index (κ2) is 5.05. The zero-order chi connectivity index (χ0) is 12.3. The van der Waals surface area contributed by atoms with Gasteiger partial charge in [-0.15, -0.1) is 5.10 Å². The van der Waals surface area contributed by atoms with Crippen molar-refractivity contribution in [2.75, 3.05) is 0 Å². The van der Waals surface area contributed by atoms with Crippen molar-refractivity contribution >= 4 is 0 Å². The molecule has 1 unspecified atom stereocenters. The van der Waals surface area contributed by atoms with Crippen LogP contribution in [0.15, 0.2) is 10.7 Å². The third-order valence-corrected chi connectivity index (χ3v) is 2.41. The Morgan fingerprint density at radius 1 is 1.53 bits per heavy atom. The molecule has 0 aliphatic rings. The molecule has 2 aromatic rings. The Bertz CT molecular complexity index is 477. The standard InChI is InChI=1S/C10H16N6O/c1-3-4-8(11)9-5-16(15-13-9)6-10-12-7(2)17-14-10/h5,8H,3-4,6,11H2,1-2H3. The van der Waals surface area contributed by atoms with Crippen molar-refractivity contribution in [3.8, 4) is 0 Å². The van der Waals surface area contributed by atoms with Gasteiger partial charge in [-0.05, 0) is 6.42 Å². The summed E-state index contributed by atoms with van der Waals surface area (Å²) in [5.41, 5.74) is 6.75. The molecule has 7 nitrogen and oxygen atoms in total. The Morgan fingerprint density at radius 2 is 2.35 bits per heavy atom. The predicted molar refractivity (Wildman–Crippen MR) is 60.0 cm³/mol. The Kier molecular flexibility index (Phi) is 3.48. The van der Waals surface area contributed by atoms with Crippen LogP contribution in [0.3, 0.4) is 0 Å². The first-order valence-electron chi connectivity index (χ1n) is 5.64. The fourth-order valence-electron chi connectivity index (χ4n) is 1.57. The highest BCUT2D eigenvalue weighted by Crippen LogP contribution is 2.12. The molecular weight excluding hydrogens is 220 g/mol. The van der Waals surface area contributed by atoms with E-state index in [2.05, 4.69) is 27.4 Å². The molecule has 0 bridgehead atoms. The van der Waals surface area contributed by atoms with Crippen LogP contribution in [0.25, 0.3) is 0 Å². The van der Waals surface area contributed by atoms with Gasteiger partial charge in [-0.3, -0.25) is 0 Å². The van der Waals surface area contributed by atoms with E-state index in [1.54, 1.807) is 11.6 Å². The van der Waals surface area contributed by atoms with Gasteiger partial charge in [0.15, 0.2) is 5.82 Å². The molecule has 0 aromatic carbocycles. The first-order chi connectivity index (χ1) is 8.19. The van der Waals surface area contributed by atoms with E-state index in [-0.39, 0.29) is 6.04 Å². The Labute approximate surface area is 99.0 Å². The van der Waals surface area contributed by atoms with Gasteiger partial charge >= 0.3 is 0 Å². The molecule has 0 spiro atoms. The number of aryl methyl sites for hydroxylation is 1. The zero-order valence-corrected chi connectivity index (χ0v) is 10.00. The number of nitrogens with two attached hydrogens (primary N) is 1. The van der Waals surface area contributed by atoms with E-state index in [9.17, 15) is 0 Å². The van der Waals surface area contributed by atoms with Crippen LogP contribution < -0.4 is 5.73 Å². The molecule has 2 heterocycles. The highest BCUT2D eigenvalue weighted by atomic mass is 16.5. The van der Waals surface area contributed by atoms with Crippen LogP contribution in [-0.4, -0.2) is 25.1 Å². The van der Waals surface area contributed by atoms with E-state index < -0.39 is 0 Å². The summed E-state index contributed by atoms with van der Waals surface area (Å²) in [7, 11) is 0. The molecule has 0 aliphatic carbocycles. The van der Waals surface area contributed by atoms with E-state index >= 15 is 0 Å². The lowest BCUT2D eigenvalue weighted by Gasteiger charge is -2.04. The van der Waals surface area contributed by atoms with Crippen molar-refractivity contribution in [2.24, 2.45) is 5.73 Å². The van der Waals surface area contributed by atoms with Crippen molar-refractivity contribution in [3.05, 3.63) is 23.6 Å². The Morgan fingerprint density at radius 3 is 3.00 bits per heavy atom. The van der Waals surface area contributed by atoms with Crippen LogP contribution >= 0.6 is 0 Å². The third-order valence-electron chi connectivity index (χ3n) is 2.41. The molecular formula is C10H16N6O. The van der Waals surface area contributed by atoms with Crippen molar-refractivity contribution in [1.29, 1.82) is 0 Å². The van der Waals surface area contributed by atoms with E-state index in [0.29, 0.717) is 18.3 Å². The fraction of sp³-hybridized carbons (Fsp3) is 0.600. The number of hydrogen-bond acceptors (Lipinski definition) is 6. The molecule has 92 valence electrons. The van der Waals surface area contributed by atoms with Gasteiger partial charge in [0.2, 0.25) is 5.89 Å². The van der Waals surface area contributed by atoms with Crippen molar-refractivity contribution in [3.63, 3.8) is 0 Å². The number of aromatic nitrogens is 5. The molecule has 0 aliphatic heterocycles. The highest BCUT2D eigenvalue weighted by Gasteiger charge is 2.11. The van der Waals surface area contributed by atoms with Gasteiger partial charge in [0.05, 0.1) is 17.9 Å². The van der Waals surface area contributed by atoms with Gasteiger partial charge in [0.25, 0.3) is 0 Å². The lowest BCUT2D eigenvalue weighted by Crippen LogP contribution is -2.10. The van der Waals surface area contributed by atoms with Gasteiger partial charge in [-0.1, -0.05) is 23.7 Å². The normalized spacial score (nSPS) is 12.9. The average molecular weight is 236 g/mol. The van der Waals surface area contributed by atoms with Crippen LogP contribution in [0.1, 0.15) is 43.2 Å². The predicted octanol–water partition coefficient (Wildman–Crippen LogP) is 0.818. The van der Waals surface area contributed by atoms with E-state index in [1.165, 1.54) is 0 Å². The molecule has 1 atom stereocenters. The Hall–Kier alpha value is -1.76. The molecule has 2 aromatic heterocycles. The maximum absolute atomic E-state index is 5.95. The van der Waals surface area contributed by atoms with Crippen molar-refractivity contribution in [2.45, 2.75) is 39.3 Å². The average Bonchev–Trinajstić information content (AvgIpc) is 2.89. The van der Waals surface area contributed by atoms with Crippen LogP contribution in [0.4, 0.5) is 0 Å². The van der Waals surface area contributed by atoms with Gasteiger partial charge < -0.3 is 10.3 Å². The second-order valence-corrected chi connectivity index (χ2v) is 3.97. The quantitative estimate of drug-likeness (QED) is 0.825. The first-order valence-corrected chi connectivity index (χ1v) is 5.64. The molecule has 0 saturated heterocycles. The number of hydrogen-bond donors (Lipinski definition) is 1. The largest absolute Gasteiger partial charge is 0.340 e. The summed E-state index contributed by atoms with van der Waals surface area (Å²) in [5, 5.41) is 11.8. The monoisotopic (exact) mass is 236 g/mol. The minimum absolute atomic E-state index is 0.0549. The Balaban J connectivity index is 2.03. The smallest absolute Gasteiger partial charge is 0.223 e. The summed E-state index contributed by atoms with van der Waals surface area (Å²) in [6.07, 6.45) is 3.75. The highest BCUT2D eigenvalue weighted by molar-refractivity contribution is 5.00. The summed E-state index contributed by atoms with van der Waals surface area (Å²) >= 11 is 0. The molecule has 17 heavy (non-hydrogen) atoms. The van der Waals surface area contributed by atoms with Gasteiger partial charge in [-0.2, -0.15) is 4.98 Å². The summed E-state index contributed by atoms with van der Waals surface area (Å²) in [6.45, 7) is 4.29. The SMILES string of the molecule is CCCC(N)c1cn(Cc2noc(C)n2)nn1. The summed E-state index contributed by atoms with van der Waals surface area (Å²) < 4.78 is 6.54. The van der Waals surface area contributed by atoms with Crippen LogP contribution in [0.5, 0.6) is 0 Å². The third kappa shape index (κ3) is 2.88. The molecule has 2 N–H and O–H groups in total. The van der Waals surface area contributed by atoms with E-state index in [1.807, 2.05) is 6.20 Å². The van der Waals surface area contributed by atoms with Crippen molar-refractivity contribution < 1.29 is 4.52 Å². The maximum Gasteiger partial charge on any atom is 0.223 e. The van der Waals surface area contributed by atoms with Crippen LogP contribution in [0.2, 0.25) is 0 Å². The summed E-state index contributed by atoms with van der Waals surface area (Å²) in [5.74, 6) is 1.13. The fourth-order valence-corrected chi connectivity index (χ4v) is 1.57. The van der Waals surface area contributed by atoms with Gasteiger partial charge in [0, 0.05) is 6.92 Å². The van der Waals surface area contributed by atoms with Crippen molar-refractivity contribution in [1.82, 2.24) is 25.1 Å². The second-order valence-electron chi connectivity index (χ2n) is 3.97. The maximum atomic E-state index is 5.95. The van der Waals surface area contributed by atoms with Gasteiger partial charge in [-0.25, -0.2) is 4.68 Å². The minimum atomic E-state index is -0.0549. The van der Waals surface area contributed by atoms with Crippen LogP contribution in [0, 0.1) is 6.92 Å². The van der Waals surface area contributed by atoms with E-state index in [0.717, 1.165) is 18.5 Å². The number of rotatable bonds is 5. The molecule has 0 radical (unpaired) electrons. The first kappa shape index (κ1) is 11.7. The van der Waals surface area contributed by atoms with Gasteiger partial charge in [0.1, 0.15) is 6.54 Å². The minimum Gasteiger partial charge on any atom is -0.340 e. The summed E-state index contributed by atoms with van der Waals surface area (Å²) in [6, 6.07) is -0.0549. The molecule has 0 saturated carbocycles. The molecule has 0 fully saturated rings. The molecule has 2 rings (SSSR count).